The fourth-order valence-electron chi connectivity index (χ4n) is 9.75. The zero-order valence-corrected chi connectivity index (χ0v) is 34.7. The number of rotatable bonds is 8. The summed E-state index contributed by atoms with van der Waals surface area (Å²) in [5, 5.41) is 10.9. The van der Waals surface area contributed by atoms with Crippen LogP contribution in [0.4, 0.5) is 34.1 Å². The van der Waals surface area contributed by atoms with E-state index >= 15 is 0 Å². The van der Waals surface area contributed by atoms with Gasteiger partial charge in [0.15, 0.2) is 0 Å². The number of para-hydroxylation sites is 3. The lowest BCUT2D eigenvalue weighted by Crippen LogP contribution is -2.49. The Morgan fingerprint density at radius 1 is 0.368 bits per heavy atom. The smallest absolute Gasteiger partial charge is 0.113 e. The van der Waals surface area contributed by atoms with Crippen molar-refractivity contribution >= 4 is 84.9 Å². The van der Waals surface area contributed by atoms with Gasteiger partial charge in [0.2, 0.25) is 0 Å². The van der Waals surface area contributed by atoms with E-state index in [0.717, 1.165) is 11.4 Å². The topological polar surface area (TPSA) is 6.48 Å². The molecule has 0 N–H and O–H groups in total. The van der Waals surface area contributed by atoms with Gasteiger partial charge in [0, 0.05) is 33.5 Å². The lowest BCUT2D eigenvalue weighted by atomic mass is 9.84. The Hall–Kier alpha value is -6.16. The SMILES string of the molecule is CC(C)c1cc(N(c2ccccc2)c2ccccc2)c2ccc3c(C(C)C)cc(N(c4ccccc4)c4ccc5c(c4)[Si](C)(C)c4ccccc4-5)c4ccc1c2c34. The molecule has 1 heterocycles. The average Bonchev–Trinajstić information content (AvgIpc) is 3.47. The first-order valence-electron chi connectivity index (χ1n) is 20.5. The molecule has 1 aliphatic heterocycles. The van der Waals surface area contributed by atoms with Crippen molar-refractivity contribution in [2.24, 2.45) is 0 Å². The third kappa shape index (κ3) is 5.51. The maximum atomic E-state index is 2.54. The number of hydrogen-bond acceptors (Lipinski definition) is 2. The molecule has 0 unspecified atom stereocenters. The van der Waals surface area contributed by atoms with Crippen molar-refractivity contribution in [2.45, 2.75) is 52.6 Å². The molecule has 0 spiro atoms. The van der Waals surface area contributed by atoms with Crippen molar-refractivity contribution in [3.63, 3.8) is 0 Å². The highest BCUT2D eigenvalue weighted by Gasteiger charge is 2.38. The lowest BCUT2D eigenvalue weighted by Gasteiger charge is -2.32. The van der Waals surface area contributed by atoms with Gasteiger partial charge in [-0.3, -0.25) is 0 Å². The summed E-state index contributed by atoms with van der Waals surface area (Å²) in [6, 6.07) is 63.6. The van der Waals surface area contributed by atoms with E-state index in [1.54, 1.807) is 0 Å². The van der Waals surface area contributed by atoms with E-state index in [9.17, 15) is 0 Å². The molecule has 10 rings (SSSR count). The summed E-state index contributed by atoms with van der Waals surface area (Å²) >= 11 is 0. The molecule has 9 aromatic rings. The van der Waals surface area contributed by atoms with Gasteiger partial charge in [0.25, 0.3) is 0 Å². The van der Waals surface area contributed by atoms with Gasteiger partial charge in [0.1, 0.15) is 8.07 Å². The monoisotopic (exact) mass is 752 g/mol. The average molecular weight is 753 g/mol. The van der Waals surface area contributed by atoms with E-state index in [1.807, 2.05) is 0 Å². The van der Waals surface area contributed by atoms with Crippen molar-refractivity contribution in [1.82, 2.24) is 0 Å². The normalized spacial score (nSPS) is 13.2. The first-order chi connectivity index (χ1) is 27.7. The van der Waals surface area contributed by atoms with Gasteiger partial charge in [-0.25, -0.2) is 0 Å². The molecule has 2 nitrogen and oxygen atoms in total. The highest BCUT2D eigenvalue weighted by Crippen LogP contribution is 2.51. The van der Waals surface area contributed by atoms with Crippen LogP contribution in [0.1, 0.15) is 50.7 Å². The fourth-order valence-corrected chi connectivity index (χ4v) is 12.8. The fraction of sp³-hybridized carbons (Fsp3) is 0.148. The largest absolute Gasteiger partial charge is 0.310 e. The number of hydrogen-bond donors (Lipinski definition) is 0. The Balaban J connectivity index is 1.30. The number of anilines is 6. The highest BCUT2D eigenvalue weighted by atomic mass is 28.3. The summed E-state index contributed by atoms with van der Waals surface area (Å²) < 4.78 is 0. The van der Waals surface area contributed by atoms with E-state index < -0.39 is 8.07 Å². The van der Waals surface area contributed by atoms with Crippen LogP contribution in [0.15, 0.2) is 170 Å². The second-order valence-electron chi connectivity index (χ2n) is 16.9. The Labute approximate surface area is 338 Å². The summed E-state index contributed by atoms with van der Waals surface area (Å²) in [5.74, 6) is 0.649. The minimum atomic E-state index is -1.92. The predicted octanol–water partition coefficient (Wildman–Crippen LogP) is 14.6. The van der Waals surface area contributed by atoms with Crippen LogP contribution in [0.5, 0.6) is 0 Å². The summed E-state index contributed by atoms with van der Waals surface area (Å²) in [7, 11) is -1.92. The number of benzene rings is 9. The van der Waals surface area contributed by atoms with Crippen LogP contribution in [0, 0.1) is 0 Å². The van der Waals surface area contributed by atoms with Gasteiger partial charge in [-0.1, -0.05) is 150 Å². The second kappa shape index (κ2) is 13.5. The molecule has 0 aliphatic carbocycles. The Bertz CT molecular complexity index is 2890. The molecule has 0 saturated carbocycles. The van der Waals surface area contributed by atoms with Gasteiger partial charge >= 0.3 is 0 Å². The van der Waals surface area contributed by atoms with Crippen molar-refractivity contribution < 1.29 is 0 Å². The van der Waals surface area contributed by atoms with Gasteiger partial charge in [-0.15, -0.1) is 0 Å². The van der Waals surface area contributed by atoms with Crippen molar-refractivity contribution in [3.05, 3.63) is 181 Å². The molecule has 278 valence electrons. The van der Waals surface area contributed by atoms with Crippen molar-refractivity contribution in [3.8, 4) is 11.1 Å². The maximum Gasteiger partial charge on any atom is 0.113 e. The third-order valence-electron chi connectivity index (χ3n) is 12.5. The lowest BCUT2D eigenvalue weighted by molar-refractivity contribution is 0.875. The van der Waals surface area contributed by atoms with Crippen LogP contribution in [0.2, 0.25) is 13.1 Å². The molecule has 0 fully saturated rings. The summed E-state index contributed by atoms with van der Waals surface area (Å²) in [5.41, 5.74) is 12.6. The van der Waals surface area contributed by atoms with Crippen molar-refractivity contribution in [1.29, 1.82) is 0 Å². The van der Waals surface area contributed by atoms with E-state index in [0.29, 0.717) is 11.8 Å². The molecule has 57 heavy (non-hydrogen) atoms. The minimum Gasteiger partial charge on any atom is -0.310 e. The zero-order chi connectivity index (χ0) is 39.0. The summed E-state index contributed by atoms with van der Waals surface area (Å²) in [6.45, 7) is 14.4. The number of fused-ring (bicyclic) bond motifs is 3. The molecule has 0 amide bonds. The molecular formula is C54H48N2Si. The van der Waals surface area contributed by atoms with Gasteiger partial charge in [-0.05, 0) is 127 Å². The Morgan fingerprint density at radius 3 is 1.25 bits per heavy atom. The van der Waals surface area contributed by atoms with Crippen molar-refractivity contribution in [2.75, 3.05) is 9.80 Å². The Morgan fingerprint density at radius 2 is 0.772 bits per heavy atom. The first kappa shape index (κ1) is 35.3. The quantitative estimate of drug-likeness (QED) is 0.113. The second-order valence-corrected chi connectivity index (χ2v) is 21.3. The summed E-state index contributed by atoms with van der Waals surface area (Å²) in [6.07, 6.45) is 0. The van der Waals surface area contributed by atoms with Crippen LogP contribution >= 0.6 is 0 Å². The van der Waals surface area contributed by atoms with E-state index in [-0.39, 0.29) is 0 Å². The van der Waals surface area contributed by atoms with Crippen LogP contribution in [0.3, 0.4) is 0 Å². The first-order valence-corrected chi connectivity index (χ1v) is 23.5. The minimum absolute atomic E-state index is 0.320. The van der Waals surface area contributed by atoms with Gasteiger partial charge < -0.3 is 9.80 Å². The zero-order valence-electron chi connectivity index (χ0n) is 33.7. The maximum absolute atomic E-state index is 2.54. The third-order valence-corrected chi connectivity index (χ3v) is 16.1. The molecule has 0 bridgehead atoms. The molecule has 3 heteroatoms. The molecular weight excluding hydrogens is 705 g/mol. The number of nitrogens with zero attached hydrogens (tertiary/aromatic N) is 2. The van der Waals surface area contributed by atoms with Crippen LogP contribution < -0.4 is 20.2 Å². The van der Waals surface area contributed by atoms with Crippen LogP contribution in [-0.2, 0) is 0 Å². The standard InChI is InChI=1S/C54H48N2Si/c1-35(2)47-33-49(55(37-18-10-7-11-19-37)38-20-12-8-13-21-38)45-30-28-44-48(36(3)4)34-50(46-31-29-43(47)53(45)54(44)46)56(39-22-14-9-15-23-39)40-26-27-42-41-24-16-17-25-51(41)57(5,6)52(42)32-40/h7-36H,1-6H3. The van der Waals surface area contributed by atoms with E-state index in [4.69, 9.17) is 0 Å². The summed E-state index contributed by atoms with van der Waals surface area (Å²) in [4.78, 5) is 4.99. The van der Waals surface area contributed by atoms with Crippen LogP contribution in [-0.4, -0.2) is 8.07 Å². The van der Waals surface area contributed by atoms with Gasteiger partial charge in [0.05, 0.1) is 11.4 Å². The van der Waals surface area contributed by atoms with Gasteiger partial charge in [-0.2, -0.15) is 0 Å². The van der Waals surface area contributed by atoms with Crippen LogP contribution in [0.25, 0.3) is 43.4 Å². The molecule has 0 atom stereocenters. The van der Waals surface area contributed by atoms with E-state index in [1.165, 1.54) is 87.7 Å². The predicted molar refractivity (Wildman–Crippen MR) is 250 cm³/mol. The van der Waals surface area contributed by atoms with E-state index in [2.05, 4.69) is 220 Å². The molecule has 0 radical (unpaired) electrons. The Kier molecular flexibility index (Phi) is 8.35. The molecule has 0 aromatic heterocycles. The molecule has 9 aromatic carbocycles. The molecule has 1 aliphatic rings. The molecule has 0 saturated heterocycles. The highest BCUT2D eigenvalue weighted by molar-refractivity contribution is 7.03.